The highest BCUT2D eigenvalue weighted by molar-refractivity contribution is 7.09. The number of nitrogens with one attached hydrogen (secondary N) is 1. The van der Waals surface area contributed by atoms with E-state index in [-0.39, 0.29) is 0 Å². The number of ether oxygens (including phenoxy) is 2. The van der Waals surface area contributed by atoms with Crippen LogP contribution in [0.1, 0.15) is 42.1 Å². The summed E-state index contributed by atoms with van der Waals surface area (Å²) in [6.07, 6.45) is -5.79. The predicted octanol–water partition coefficient (Wildman–Crippen LogP) is 3.63. The molecule has 0 bridgehead atoms. The molecule has 1 aliphatic heterocycles. The second kappa shape index (κ2) is 8.19. The van der Waals surface area contributed by atoms with Gasteiger partial charge in [-0.1, -0.05) is 13.0 Å². The van der Waals surface area contributed by atoms with Crippen LogP contribution >= 0.6 is 11.3 Å². The Balaban J connectivity index is 1.78. The molecule has 0 fully saturated rings. The Hall–Kier alpha value is -2.33. The molecule has 158 valence electrons. The molecule has 0 aliphatic carbocycles. The lowest BCUT2D eigenvalue weighted by molar-refractivity contribution is -0.267. The lowest BCUT2D eigenvalue weighted by Crippen LogP contribution is -2.46. The Bertz CT molecular complexity index is 887. The summed E-state index contributed by atoms with van der Waals surface area (Å²) in [5.41, 5.74) is -2.33. The fourth-order valence-electron chi connectivity index (χ4n) is 3.02. The number of rotatable bonds is 6. The van der Waals surface area contributed by atoms with Gasteiger partial charge in [-0.15, -0.1) is 11.3 Å². The molecule has 2 aromatic rings. The number of hydrogen-bond acceptors (Lipinski definition) is 6. The van der Waals surface area contributed by atoms with E-state index in [1.54, 1.807) is 25.1 Å². The molecule has 1 aromatic carbocycles. The first-order valence-corrected chi connectivity index (χ1v) is 9.92. The number of aliphatic hydroxyl groups is 1. The van der Waals surface area contributed by atoms with Gasteiger partial charge < -0.3 is 19.9 Å². The van der Waals surface area contributed by atoms with Crippen molar-refractivity contribution in [1.82, 2.24) is 10.3 Å². The van der Waals surface area contributed by atoms with Crippen molar-refractivity contribution >= 4 is 17.2 Å². The van der Waals surface area contributed by atoms with Gasteiger partial charge in [0.05, 0.1) is 12.5 Å². The first-order valence-electron chi connectivity index (χ1n) is 9.04. The van der Waals surface area contributed by atoms with Gasteiger partial charge in [-0.25, -0.2) is 4.98 Å². The summed E-state index contributed by atoms with van der Waals surface area (Å²) in [6.45, 7) is 4.14. The number of hydrogen-bond donors (Lipinski definition) is 2. The minimum Gasteiger partial charge on any atom is -0.486 e. The normalized spacial score (nSPS) is 16.8. The molecule has 10 heteroatoms. The Morgan fingerprint density at radius 1 is 1.31 bits per heavy atom. The summed E-state index contributed by atoms with van der Waals surface area (Å²) in [7, 11) is 0. The maximum Gasteiger partial charge on any atom is 0.424 e. The van der Waals surface area contributed by atoms with Gasteiger partial charge in [0.1, 0.15) is 18.2 Å². The van der Waals surface area contributed by atoms with Gasteiger partial charge in [0.15, 0.2) is 11.5 Å². The van der Waals surface area contributed by atoms with Crippen LogP contribution in [0, 0.1) is 6.92 Å². The van der Waals surface area contributed by atoms with Gasteiger partial charge in [-0.05, 0) is 31.0 Å². The van der Waals surface area contributed by atoms with Crippen molar-refractivity contribution in [1.29, 1.82) is 0 Å². The van der Waals surface area contributed by atoms with Crippen LogP contribution in [0.5, 0.6) is 11.5 Å². The Morgan fingerprint density at radius 2 is 2.00 bits per heavy atom. The maximum atomic E-state index is 13.6. The monoisotopic (exact) mass is 430 g/mol. The summed E-state index contributed by atoms with van der Waals surface area (Å²) in [4.78, 5) is 16.2. The number of aromatic nitrogens is 1. The highest BCUT2D eigenvalue weighted by Crippen LogP contribution is 2.43. The molecule has 0 radical (unpaired) electrons. The first-order chi connectivity index (χ1) is 13.6. The topological polar surface area (TPSA) is 80.7 Å². The predicted molar refractivity (Wildman–Crippen MR) is 100 cm³/mol. The third-order valence-corrected chi connectivity index (χ3v) is 5.68. The molecule has 6 nitrogen and oxygen atoms in total. The summed E-state index contributed by atoms with van der Waals surface area (Å²) >= 11 is 0.670. The Labute approximate surface area is 169 Å². The number of amides is 1. The zero-order valence-electron chi connectivity index (χ0n) is 15.9. The van der Waals surface area contributed by atoms with Crippen molar-refractivity contribution in [3.05, 3.63) is 39.8 Å². The van der Waals surface area contributed by atoms with E-state index in [1.807, 2.05) is 0 Å². The van der Waals surface area contributed by atoms with E-state index in [2.05, 4.69) is 10.3 Å². The van der Waals surface area contributed by atoms with E-state index in [4.69, 9.17) is 9.47 Å². The smallest absolute Gasteiger partial charge is 0.424 e. The quantitative estimate of drug-likeness (QED) is 0.732. The van der Waals surface area contributed by atoms with E-state index < -0.39 is 35.2 Å². The van der Waals surface area contributed by atoms with E-state index in [0.717, 1.165) is 0 Å². The first kappa shape index (κ1) is 21.4. The molecule has 29 heavy (non-hydrogen) atoms. The molecule has 0 saturated heterocycles. The van der Waals surface area contributed by atoms with Crippen molar-refractivity contribution < 1.29 is 32.5 Å². The van der Waals surface area contributed by atoms with Gasteiger partial charge in [0.2, 0.25) is 11.5 Å². The molecular formula is C19H21F3N2O4S. The van der Waals surface area contributed by atoms with Gasteiger partial charge in [0.25, 0.3) is 0 Å². The number of carbonyl (C=O) groups excluding carboxylic acids is 1. The SMILES string of the molecule is CCC(NC(=O)CC(O)(c1nc(C)cs1)C(F)(F)F)c1ccc2c(c1)OCCO2. The molecule has 2 atom stereocenters. The fourth-order valence-corrected chi connectivity index (χ4v) is 3.93. The molecule has 2 heterocycles. The molecule has 1 aromatic heterocycles. The van der Waals surface area contributed by atoms with Gasteiger partial charge >= 0.3 is 6.18 Å². The summed E-state index contributed by atoms with van der Waals surface area (Å²) < 4.78 is 51.8. The number of thiazole rings is 1. The maximum absolute atomic E-state index is 13.6. The average molecular weight is 430 g/mol. The minimum atomic E-state index is -5.05. The zero-order chi connectivity index (χ0) is 21.2. The van der Waals surface area contributed by atoms with Crippen LogP contribution in [0.15, 0.2) is 23.6 Å². The van der Waals surface area contributed by atoms with Gasteiger partial charge in [-0.2, -0.15) is 13.2 Å². The molecule has 0 spiro atoms. The number of carbonyl (C=O) groups is 1. The lowest BCUT2D eigenvalue weighted by Gasteiger charge is -2.29. The number of benzene rings is 1. The molecule has 1 amide bonds. The Kier molecular flexibility index (Phi) is 6.04. The van der Waals surface area contributed by atoms with Crippen LogP contribution in [0.25, 0.3) is 0 Å². The number of fused-ring (bicyclic) bond motifs is 1. The Morgan fingerprint density at radius 3 is 2.59 bits per heavy atom. The van der Waals surface area contributed by atoms with Crippen LogP contribution in [-0.4, -0.2) is 35.4 Å². The zero-order valence-corrected chi connectivity index (χ0v) is 16.7. The number of aryl methyl sites for hydroxylation is 1. The fraction of sp³-hybridized carbons (Fsp3) is 0.474. The summed E-state index contributed by atoms with van der Waals surface area (Å²) in [5, 5.41) is 13.8. The highest BCUT2D eigenvalue weighted by atomic mass is 32.1. The van der Waals surface area contributed by atoms with Crippen molar-refractivity contribution in [3.63, 3.8) is 0 Å². The standard InChI is InChI=1S/C19H21F3N2O4S/c1-3-13(12-4-5-14-15(8-12)28-7-6-27-14)24-16(25)9-18(26,19(20,21)22)17-23-11(2)10-29-17/h4-5,8,10,13,26H,3,6-7,9H2,1-2H3,(H,24,25). The third-order valence-electron chi connectivity index (χ3n) is 4.57. The van der Waals surface area contributed by atoms with E-state index >= 15 is 0 Å². The number of nitrogens with zero attached hydrogens (tertiary/aromatic N) is 1. The largest absolute Gasteiger partial charge is 0.486 e. The van der Waals surface area contributed by atoms with E-state index in [1.165, 1.54) is 12.3 Å². The van der Waals surface area contributed by atoms with Crippen molar-refractivity contribution in [2.45, 2.75) is 44.5 Å². The van der Waals surface area contributed by atoms with Crippen LogP contribution in [0.4, 0.5) is 13.2 Å². The second-order valence-electron chi connectivity index (χ2n) is 6.76. The highest BCUT2D eigenvalue weighted by Gasteiger charge is 2.58. The van der Waals surface area contributed by atoms with Gasteiger partial charge in [0, 0.05) is 11.1 Å². The van der Waals surface area contributed by atoms with Crippen molar-refractivity contribution in [3.8, 4) is 11.5 Å². The summed E-state index contributed by atoms with van der Waals surface area (Å²) in [5.74, 6) is 0.165. The number of halogens is 3. The third kappa shape index (κ3) is 4.48. The van der Waals surface area contributed by atoms with Gasteiger partial charge in [-0.3, -0.25) is 4.79 Å². The minimum absolute atomic E-state index is 0.343. The molecule has 2 N–H and O–H groups in total. The average Bonchev–Trinajstić information content (AvgIpc) is 3.11. The molecular weight excluding hydrogens is 409 g/mol. The van der Waals surface area contributed by atoms with Crippen LogP contribution in [0.2, 0.25) is 0 Å². The second-order valence-corrected chi connectivity index (χ2v) is 7.62. The molecule has 0 saturated carbocycles. The van der Waals surface area contributed by atoms with Crippen LogP contribution < -0.4 is 14.8 Å². The molecule has 3 rings (SSSR count). The van der Waals surface area contributed by atoms with Crippen molar-refractivity contribution in [2.24, 2.45) is 0 Å². The van der Waals surface area contributed by atoms with E-state index in [0.29, 0.717) is 53.7 Å². The lowest BCUT2D eigenvalue weighted by atomic mass is 9.97. The van der Waals surface area contributed by atoms with E-state index in [9.17, 15) is 23.1 Å². The number of alkyl halides is 3. The molecule has 2 unspecified atom stereocenters. The molecule has 1 aliphatic rings. The van der Waals surface area contributed by atoms with Crippen LogP contribution in [0.3, 0.4) is 0 Å². The summed E-state index contributed by atoms with van der Waals surface area (Å²) in [6, 6.07) is 4.57. The van der Waals surface area contributed by atoms with Crippen molar-refractivity contribution in [2.75, 3.05) is 13.2 Å². The van der Waals surface area contributed by atoms with Crippen LogP contribution in [-0.2, 0) is 10.4 Å².